The number of allylic oxidation sites excluding steroid dienone is 4. The van der Waals surface area contributed by atoms with Gasteiger partial charge in [0.05, 0.1) is 11.4 Å². The molecule has 0 amide bonds. The second kappa shape index (κ2) is 10.6. The van der Waals surface area contributed by atoms with E-state index in [9.17, 15) is 0 Å². The van der Waals surface area contributed by atoms with Gasteiger partial charge in [0.15, 0.2) is 5.82 Å². The molecule has 39 heavy (non-hydrogen) atoms. The standard InChI is InChI=1S/C36H25BrN2/c1-3-12-24(4-2)34-23-35(25-13-6-5-7-14-25)39-36(38-34)28-19-27(20-29(37)21-28)33-22-26-15-8-9-16-30(26)31-17-10-11-18-32(31)33/h3-23H,1-2H2/b24-12+. The van der Waals surface area contributed by atoms with Crippen LogP contribution in [0, 0.1) is 0 Å². The first-order chi connectivity index (χ1) is 19.1. The maximum Gasteiger partial charge on any atom is 0.160 e. The predicted molar refractivity (Wildman–Crippen MR) is 169 cm³/mol. The minimum absolute atomic E-state index is 0.649. The molecular weight excluding hydrogens is 540 g/mol. The largest absolute Gasteiger partial charge is 0.228 e. The third kappa shape index (κ3) is 4.85. The van der Waals surface area contributed by atoms with Crippen molar-refractivity contribution in [1.82, 2.24) is 9.97 Å². The molecule has 0 fully saturated rings. The number of hydrogen-bond acceptors (Lipinski definition) is 2. The summed E-state index contributed by atoms with van der Waals surface area (Å²) in [5, 5.41) is 4.91. The zero-order valence-corrected chi connectivity index (χ0v) is 22.9. The van der Waals surface area contributed by atoms with Crippen LogP contribution in [0.4, 0.5) is 0 Å². The highest BCUT2D eigenvalue weighted by Crippen LogP contribution is 2.38. The summed E-state index contributed by atoms with van der Waals surface area (Å²) in [4.78, 5) is 10.0. The number of aromatic nitrogens is 2. The van der Waals surface area contributed by atoms with Gasteiger partial charge in [-0.2, -0.15) is 0 Å². The van der Waals surface area contributed by atoms with Crippen molar-refractivity contribution < 1.29 is 0 Å². The molecule has 0 atom stereocenters. The first-order valence-electron chi connectivity index (χ1n) is 12.8. The van der Waals surface area contributed by atoms with Crippen LogP contribution in [0.1, 0.15) is 5.69 Å². The highest BCUT2D eigenvalue weighted by Gasteiger charge is 2.14. The molecule has 0 bridgehead atoms. The maximum absolute atomic E-state index is 5.02. The van der Waals surface area contributed by atoms with Crippen molar-refractivity contribution in [3.63, 3.8) is 0 Å². The Morgan fingerprint density at radius 3 is 2.10 bits per heavy atom. The van der Waals surface area contributed by atoms with Crippen LogP contribution in [0.5, 0.6) is 0 Å². The lowest BCUT2D eigenvalue weighted by Crippen LogP contribution is -1.98. The van der Waals surface area contributed by atoms with E-state index in [0.717, 1.165) is 38.1 Å². The second-order valence-electron chi connectivity index (χ2n) is 9.31. The van der Waals surface area contributed by atoms with E-state index in [-0.39, 0.29) is 0 Å². The quantitative estimate of drug-likeness (QED) is 0.148. The van der Waals surface area contributed by atoms with Crippen molar-refractivity contribution in [3.8, 4) is 33.8 Å². The van der Waals surface area contributed by atoms with Crippen molar-refractivity contribution in [3.05, 3.63) is 151 Å². The van der Waals surface area contributed by atoms with Gasteiger partial charge in [0, 0.05) is 15.6 Å². The Balaban J connectivity index is 1.59. The fourth-order valence-corrected chi connectivity index (χ4v) is 5.53. The molecule has 1 heterocycles. The van der Waals surface area contributed by atoms with Crippen LogP contribution in [0.15, 0.2) is 145 Å². The SMILES string of the molecule is C=C/C=C(\C=C)c1cc(-c2ccccc2)nc(-c2cc(Br)cc(-c3cc4ccccc4c4ccccc34)c2)n1. The summed E-state index contributed by atoms with van der Waals surface area (Å²) in [6.45, 7) is 7.86. The Morgan fingerprint density at radius 1 is 0.641 bits per heavy atom. The Kier molecular flexibility index (Phi) is 6.75. The molecule has 0 unspecified atom stereocenters. The van der Waals surface area contributed by atoms with Gasteiger partial charge in [0.25, 0.3) is 0 Å². The van der Waals surface area contributed by atoms with Crippen molar-refractivity contribution in [2.75, 3.05) is 0 Å². The zero-order valence-electron chi connectivity index (χ0n) is 21.3. The molecule has 6 aromatic rings. The second-order valence-corrected chi connectivity index (χ2v) is 10.2. The Hall–Kier alpha value is -4.60. The first kappa shape index (κ1) is 24.7. The van der Waals surface area contributed by atoms with E-state index < -0.39 is 0 Å². The molecule has 0 aliphatic heterocycles. The van der Waals surface area contributed by atoms with Crippen LogP contribution in [0.2, 0.25) is 0 Å². The van der Waals surface area contributed by atoms with Crippen LogP contribution in [-0.2, 0) is 0 Å². The predicted octanol–water partition coefficient (Wildman–Crippen LogP) is 10.3. The number of halogens is 1. The highest BCUT2D eigenvalue weighted by molar-refractivity contribution is 9.10. The fraction of sp³-hybridized carbons (Fsp3) is 0. The number of fused-ring (bicyclic) bond motifs is 3. The fourth-order valence-electron chi connectivity index (χ4n) is 5.03. The van der Waals surface area contributed by atoms with Crippen LogP contribution in [0.3, 0.4) is 0 Å². The molecule has 2 nitrogen and oxygen atoms in total. The molecule has 1 aromatic heterocycles. The number of rotatable bonds is 6. The highest BCUT2D eigenvalue weighted by atomic mass is 79.9. The molecule has 3 heteroatoms. The molecule has 0 N–H and O–H groups in total. The molecule has 0 saturated carbocycles. The zero-order chi connectivity index (χ0) is 26.8. The average molecular weight is 566 g/mol. The van der Waals surface area contributed by atoms with Crippen molar-refractivity contribution >= 4 is 43.0 Å². The summed E-state index contributed by atoms with van der Waals surface area (Å²) in [5.74, 6) is 0.649. The number of hydrogen-bond donors (Lipinski definition) is 0. The van der Waals surface area contributed by atoms with Gasteiger partial charge in [-0.25, -0.2) is 9.97 Å². The van der Waals surface area contributed by atoms with Gasteiger partial charge in [-0.1, -0.05) is 126 Å². The molecule has 0 aliphatic rings. The lowest BCUT2D eigenvalue weighted by atomic mass is 9.92. The minimum Gasteiger partial charge on any atom is -0.228 e. The number of benzene rings is 5. The third-order valence-electron chi connectivity index (χ3n) is 6.84. The van der Waals surface area contributed by atoms with E-state index in [1.165, 1.54) is 27.1 Å². The van der Waals surface area contributed by atoms with Gasteiger partial charge < -0.3 is 0 Å². The van der Waals surface area contributed by atoms with Crippen LogP contribution < -0.4 is 0 Å². The van der Waals surface area contributed by atoms with E-state index in [1.54, 1.807) is 12.2 Å². The molecule has 0 saturated heterocycles. The van der Waals surface area contributed by atoms with Crippen molar-refractivity contribution in [2.24, 2.45) is 0 Å². The summed E-state index contributed by atoms with van der Waals surface area (Å²) in [6, 6.07) is 38.0. The molecule has 0 spiro atoms. The first-order valence-corrected chi connectivity index (χ1v) is 13.6. The van der Waals surface area contributed by atoms with Crippen molar-refractivity contribution in [1.29, 1.82) is 0 Å². The van der Waals surface area contributed by atoms with E-state index >= 15 is 0 Å². The van der Waals surface area contributed by atoms with E-state index in [2.05, 4.69) is 114 Å². The summed E-state index contributed by atoms with van der Waals surface area (Å²) in [5.41, 5.74) is 6.77. The molecule has 186 valence electrons. The normalized spacial score (nSPS) is 11.6. The van der Waals surface area contributed by atoms with Gasteiger partial charge >= 0.3 is 0 Å². The lowest BCUT2D eigenvalue weighted by Gasteiger charge is -2.14. The molecule has 5 aromatic carbocycles. The van der Waals surface area contributed by atoms with Gasteiger partial charge in [-0.15, -0.1) is 0 Å². The third-order valence-corrected chi connectivity index (χ3v) is 7.30. The maximum atomic E-state index is 5.02. The number of nitrogens with zero attached hydrogens (tertiary/aromatic N) is 2. The van der Waals surface area contributed by atoms with E-state index in [0.29, 0.717) is 5.82 Å². The molecular formula is C36H25BrN2. The molecule has 6 rings (SSSR count). The molecule has 0 radical (unpaired) electrons. The Bertz CT molecular complexity index is 1900. The Morgan fingerprint density at radius 2 is 1.33 bits per heavy atom. The average Bonchev–Trinajstić information content (AvgIpc) is 2.99. The minimum atomic E-state index is 0.649. The van der Waals surface area contributed by atoms with Crippen LogP contribution in [0.25, 0.3) is 60.9 Å². The monoisotopic (exact) mass is 564 g/mol. The van der Waals surface area contributed by atoms with Gasteiger partial charge in [-0.05, 0) is 68.6 Å². The Labute approximate surface area is 236 Å². The summed E-state index contributed by atoms with van der Waals surface area (Å²) in [6.07, 6.45) is 5.47. The van der Waals surface area contributed by atoms with E-state index in [4.69, 9.17) is 9.97 Å². The van der Waals surface area contributed by atoms with Crippen molar-refractivity contribution in [2.45, 2.75) is 0 Å². The van der Waals surface area contributed by atoms with Gasteiger partial charge in [-0.3, -0.25) is 0 Å². The van der Waals surface area contributed by atoms with Gasteiger partial charge in [0.1, 0.15) is 0 Å². The summed E-state index contributed by atoms with van der Waals surface area (Å²) < 4.78 is 0.966. The van der Waals surface area contributed by atoms with E-state index in [1.807, 2.05) is 30.3 Å². The van der Waals surface area contributed by atoms with Gasteiger partial charge in [0.2, 0.25) is 0 Å². The topological polar surface area (TPSA) is 25.8 Å². The lowest BCUT2D eigenvalue weighted by molar-refractivity contribution is 1.16. The summed E-state index contributed by atoms with van der Waals surface area (Å²) in [7, 11) is 0. The van der Waals surface area contributed by atoms with Crippen LogP contribution in [-0.4, -0.2) is 9.97 Å². The smallest absolute Gasteiger partial charge is 0.160 e. The molecule has 0 aliphatic carbocycles. The summed E-state index contributed by atoms with van der Waals surface area (Å²) >= 11 is 3.77. The van der Waals surface area contributed by atoms with Crippen LogP contribution >= 0.6 is 15.9 Å².